The molecule has 0 saturated carbocycles. The molecule has 1 aliphatic heterocycles. The van der Waals surface area contributed by atoms with Gasteiger partial charge in [-0.2, -0.15) is 5.26 Å². The summed E-state index contributed by atoms with van der Waals surface area (Å²) in [6.07, 6.45) is 1.34. The van der Waals surface area contributed by atoms with E-state index < -0.39 is 5.82 Å². The maximum absolute atomic E-state index is 13.5. The van der Waals surface area contributed by atoms with Crippen LogP contribution in [-0.2, 0) is 9.59 Å². The summed E-state index contributed by atoms with van der Waals surface area (Å²) in [6, 6.07) is 6.21. The molecule has 1 fully saturated rings. The van der Waals surface area contributed by atoms with Crippen LogP contribution in [0.15, 0.2) is 18.2 Å². The Morgan fingerprint density at radius 2 is 2.04 bits per heavy atom. The van der Waals surface area contributed by atoms with E-state index in [1.54, 1.807) is 11.0 Å². The Hall–Kier alpha value is -2.62. The highest BCUT2D eigenvalue weighted by atomic mass is 19.1. The molecule has 24 heavy (non-hydrogen) atoms. The predicted molar refractivity (Wildman–Crippen MR) is 87.6 cm³/mol. The molecule has 7 heteroatoms. The van der Waals surface area contributed by atoms with E-state index in [4.69, 9.17) is 5.26 Å². The van der Waals surface area contributed by atoms with Crippen molar-refractivity contribution in [2.24, 2.45) is 5.92 Å². The van der Waals surface area contributed by atoms with Crippen LogP contribution in [0.3, 0.4) is 0 Å². The van der Waals surface area contributed by atoms with Gasteiger partial charge in [-0.3, -0.25) is 9.59 Å². The number of halogens is 1. The molecule has 0 radical (unpaired) electrons. The summed E-state index contributed by atoms with van der Waals surface area (Å²) < 4.78 is 13.5. The number of likely N-dealkylation sites (tertiary alicyclic amines) is 1. The Balaban J connectivity index is 1.73. The molecule has 2 rings (SSSR count). The maximum atomic E-state index is 13.5. The molecule has 1 heterocycles. The number of nitriles is 1. The van der Waals surface area contributed by atoms with Gasteiger partial charge in [0.25, 0.3) is 0 Å². The van der Waals surface area contributed by atoms with Crippen molar-refractivity contribution in [1.82, 2.24) is 10.2 Å². The maximum Gasteiger partial charge on any atom is 0.223 e. The van der Waals surface area contributed by atoms with E-state index in [-0.39, 0.29) is 23.3 Å². The molecule has 128 valence electrons. The predicted octanol–water partition coefficient (Wildman–Crippen LogP) is 1.48. The number of benzene rings is 1. The zero-order valence-corrected chi connectivity index (χ0v) is 13.6. The minimum absolute atomic E-state index is 0.0274. The number of nitrogens with zero attached hydrogens (tertiary/aromatic N) is 2. The standard InChI is InChI=1S/C17H21FN4O2/c1-12(23)22-9-5-13(6-10-22)17(24)21-8-7-20-16-4-2-3-15(18)14(16)11-19/h2-4,13,20H,5-10H2,1H3,(H,21,24). The summed E-state index contributed by atoms with van der Waals surface area (Å²) in [5.74, 6) is -0.630. The summed E-state index contributed by atoms with van der Waals surface area (Å²) in [5.41, 5.74) is 0.391. The summed E-state index contributed by atoms with van der Waals surface area (Å²) in [4.78, 5) is 25.1. The molecule has 0 bridgehead atoms. The number of hydrogen-bond donors (Lipinski definition) is 2. The van der Waals surface area contributed by atoms with Gasteiger partial charge < -0.3 is 15.5 Å². The van der Waals surface area contributed by atoms with Crippen molar-refractivity contribution >= 4 is 17.5 Å². The molecular weight excluding hydrogens is 311 g/mol. The first kappa shape index (κ1) is 17.7. The molecule has 6 nitrogen and oxygen atoms in total. The Labute approximate surface area is 140 Å². The highest BCUT2D eigenvalue weighted by molar-refractivity contribution is 5.79. The Morgan fingerprint density at radius 1 is 1.33 bits per heavy atom. The van der Waals surface area contributed by atoms with E-state index in [2.05, 4.69) is 10.6 Å². The number of carbonyl (C=O) groups excluding carboxylic acids is 2. The third-order valence-corrected chi connectivity index (χ3v) is 4.18. The number of hydrogen-bond acceptors (Lipinski definition) is 4. The molecule has 1 saturated heterocycles. The number of anilines is 1. The van der Waals surface area contributed by atoms with Gasteiger partial charge in [0.15, 0.2) is 0 Å². The van der Waals surface area contributed by atoms with Crippen LogP contribution in [0.1, 0.15) is 25.3 Å². The molecule has 0 aromatic heterocycles. The number of piperidine rings is 1. The van der Waals surface area contributed by atoms with Gasteiger partial charge in [0.1, 0.15) is 17.4 Å². The minimum atomic E-state index is -0.566. The second-order valence-electron chi connectivity index (χ2n) is 5.77. The van der Waals surface area contributed by atoms with Gasteiger partial charge >= 0.3 is 0 Å². The van der Waals surface area contributed by atoms with Crippen LogP contribution in [0.4, 0.5) is 10.1 Å². The Bertz CT molecular complexity index is 648. The zero-order valence-electron chi connectivity index (χ0n) is 13.6. The van der Waals surface area contributed by atoms with Crippen LogP contribution < -0.4 is 10.6 Å². The minimum Gasteiger partial charge on any atom is -0.382 e. The van der Waals surface area contributed by atoms with Crippen molar-refractivity contribution in [2.75, 3.05) is 31.5 Å². The molecule has 2 N–H and O–H groups in total. The summed E-state index contributed by atoms with van der Waals surface area (Å²) in [7, 11) is 0. The Morgan fingerprint density at radius 3 is 2.67 bits per heavy atom. The fraction of sp³-hybridized carbons (Fsp3) is 0.471. The van der Waals surface area contributed by atoms with E-state index in [9.17, 15) is 14.0 Å². The van der Waals surface area contributed by atoms with Crippen molar-refractivity contribution < 1.29 is 14.0 Å². The van der Waals surface area contributed by atoms with E-state index in [1.807, 2.05) is 6.07 Å². The first-order valence-corrected chi connectivity index (χ1v) is 7.98. The number of carbonyl (C=O) groups is 2. The van der Waals surface area contributed by atoms with Crippen LogP contribution in [0.5, 0.6) is 0 Å². The fourth-order valence-electron chi connectivity index (χ4n) is 2.77. The zero-order chi connectivity index (χ0) is 17.5. The Kier molecular flexibility index (Phi) is 6.13. The largest absolute Gasteiger partial charge is 0.382 e. The highest BCUT2D eigenvalue weighted by Crippen LogP contribution is 2.18. The lowest BCUT2D eigenvalue weighted by atomic mass is 9.96. The summed E-state index contributed by atoms with van der Waals surface area (Å²) in [6.45, 7) is 3.54. The van der Waals surface area contributed by atoms with Crippen molar-refractivity contribution in [3.05, 3.63) is 29.6 Å². The van der Waals surface area contributed by atoms with E-state index >= 15 is 0 Å². The smallest absolute Gasteiger partial charge is 0.223 e. The van der Waals surface area contributed by atoms with Gasteiger partial charge in [-0.1, -0.05) is 6.07 Å². The quantitative estimate of drug-likeness (QED) is 0.800. The topological polar surface area (TPSA) is 85.2 Å². The SMILES string of the molecule is CC(=O)N1CCC(C(=O)NCCNc2cccc(F)c2C#N)CC1. The van der Waals surface area contributed by atoms with Crippen molar-refractivity contribution in [3.8, 4) is 6.07 Å². The van der Waals surface area contributed by atoms with E-state index in [0.29, 0.717) is 44.7 Å². The third-order valence-electron chi connectivity index (χ3n) is 4.18. The summed E-state index contributed by atoms with van der Waals surface area (Å²) >= 11 is 0. The molecular formula is C17H21FN4O2. The second kappa shape index (κ2) is 8.29. The lowest BCUT2D eigenvalue weighted by Gasteiger charge is -2.30. The van der Waals surface area contributed by atoms with Crippen molar-refractivity contribution in [3.63, 3.8) is 0 Å². The number of amides is 2. The first-order valence-electron chi connectivity index (χ1n) is 7.98. The number of rotatable bonds is 5. The van der Waals surface area contributed by atoms with Gasteiger partial charge in [-0.25, -0.2) is 4.39 Å². The molecule has 2 amide bonds. The first-order chi connectivity index (χ1) is 11.5. The van der Waals surface area contributed by atoms with E-state index in [0.717, 1.165) is 0 Å². The molecule has 1 aliphatic rings. The van der Waals surface area contributed by atoms with Crippen LogP contribution in [0, 0.1) is 23.1 Å². The third kappa shape index (κ3) is 4.44. The molecule has 0 atom stereocenters. The molecule has 0 unspecified atom stereocenters. The molecule has 0 aliphatic carbocycles. The average Bonchev–Trinajstić information content (AvgIpc) is 2.58. The normalized spacial score (nSPS) is 14.8. The van der Waals surface area contributed by atoms with Gasteiger partial charge in [-0.05, 0) is 25.0 Å². The van der Waals surface area contributed by atoms with Crippen LogP contribution in [0.2, 0.25) is 0 Å². The van der Waals surface area contributed by atoms with Crippen molar-refractivity contribution in [2.45, 2.75) is 19.8 Å². The van der Waals surface area contributed by atoms with Gasteiger partial charge in [0.05, 0.1) is 5.69 Å². The molecule has 0 spiro atoms. The summed E-state index contributed by atoms with van der Waals surface area (Å²) in [5, 5.41) is 14.7. The van der Waals surface area contributed by atoms with Gasteiger partial charge in [0.2, 0.25) is 11.8 Å². The fourth-order valence-corrected chi connectivity index (χ4v) is 2.77. The van der Waals surface area contributed by atoms with Gasteiger partial charge in [-0.15, -0.1) is 0 Å². The van der Waals surface area contributed by atoms with Crippen LogP contribution in [0.25, 0.3) is 0 Å². The van der Waals surface area contributed by atoms with Crippen LogP contribution in [-0.4, -0.2) is 42.9 Å². The molecule has 1 aromatic carbocycles. The highest BCUT2D eigenvalue weighted by Gasteiger charge is 2.25. The molecule has 1 aromatic rings. The lowest BCUT2D eigenvalue weighted by Crippen LogP contribution is -2.43. The van der Waals surface area contributed by atoms with Gasteiger partial charge in [0, 0.05) is 39.0 Å². The van der Waals surface area contributed by atoms with Crippen LogP contribution >= 0.6 is 0 Å². The average molecular weight is 332 g/mol. The lowest BCUT2D eigenvalue weighted by molar-refractivity contribution is -0.133. The second-order valence-corrected chi connectivity index (χ2v) is 5.77. The number of nitrogens with one attached hydrogen (secondary N) is 2. The van der Waals surface area contributed by atoms with Crippen molar-refractivity contribution in [1.29, 1.82) is 5.26 Å². The van der Waals surface area contributed by atoms with E-state index in [1.165, 1.54) is 19.1 Å². The monoisotopic (exact) mass is 332 g/mol.